The number of nitrogens with zero attached hydrogens (tertiary/aromatic N) is 1. The summed E-state index contributed by atoms with van der Waals surface area (Å²) >= 11 is 6.24. The summed E-state index contributed by atoms with van der Waals surface area (Å²) in [5.74, 6) is -1.05. The Hall–Kier alpha value is -3.38. The molecule has 0 saturated heterocycles. The summed E-state index contributed by atoms with van der Waals surface area (Å²) in [4.78, 5) is 38.5. The van der Waals surface area contributed by atoms with Crippen LogP contribution in [0, 0.1) is 0 Å². The zero-order chi connectivity index (χ0) is 23.1. The Bertz CT molecular complexity index is 1160. The number of aromatic nitrogens is 1. The first kappa shape index (κ1) is 23.3. The molecular formula is C25H26ClN3O3. The average molecular weight is 452 g/mol. The number of hydrogen-bond donors (Lipinski definition) is 2. The molecule has 1 unspecified atom stereocenters. The first-order valence-corrected chi connectivity index (χ1v) is 10.9. The van der Waals surface area contributed by atoms with Crippen molar-refractivity contribution >= 4 is 23.4 Å². The van der Waals surface area contributed by atoms with E-state index in [0.717, 1.165) is 11.1 Å². The van der Waals surface area contributed by atoms with Crippen molar-refractivity contribution in [1.29, 1.82) is 0 Å². The SMILES string of the molecule is CCNC(=O)c1cn(CCc2ccccc2)cc(C(=O)NC(C)c2ccccc2Cl)c1=O. The van der Waals surface area contributed by atoms with Crippen LogP contribution < -0.4 is 16.1 Å². The van der Waals surface area contributed by atoms with Crippen LogP contribution in [0.5, 0.6) is 0 Å². The number of rotatable bonds is 8. The number of benzene rings is 2. The quantitative estimate of drug-likeness (QED) is 0.543. The highest BCUT2D eigenvalue weighted by molar-refractivity contribution is 6.31. The molecule has 1 atom stereocenters. The summed E-state index contributed by atoms with van der Waals surface area (Å²) in [6.45, 7) is 4.45. The van der Waals surface area contributed by atoms with Crippen LogP contribution in [0.2, 0.25) is 5.02 Å². The van der Waals surface area contributed by atoms with Crippen molar-refractivity contribution in [2.45, 2.75) is 32.9 Å². The molecule has 2 N–H and O–H groups in total. The minimum Gasteiger partial charge on any atom is -0.352 e. The van der Waals surface area contributed by atoms with Crippen LogP contribution in [0.1, 0.15) is 51.7 Å². The van der Waals surface area contributed by atoms with Gasteiger partial charge in [-0.15, -0.1) is 0 Å². The summed E-state index contributed by atoms with van der Waals surface area (Å²) in [7, 11) is 0. The molecule has 0 saturated carbocycles. The van der Waals surface area contributed by atoms with Crippen molar-refractivity contribution in [2.75, 3.05) is 6.54 Å². The zero-order valence-corrected chi connectivity index (χ0v) is 18.9. The van der Waals surface area contributed by atoms with Crippen molar-refractivity contribution in [2.24, 2.45) is 0 Å². The van der Waals surface area contributed by atoms with Gasteiger partial charge in [0.15, 0.2) is 0 Å². The molecule has 0 spiro atoms. The number of carbonyl (C=O) groups excluding carboxylic acids is 2. The van der Waals surface area contributed by atoms with E-state index in [1.54, 1.807) is 24.5 Å². The monoisotopic (exact) mass is 451 g/mol. The predicted molar refractivity (Wildman–Crippen MR) is 126 cm³/mol. The second-order valence-electron chi connectivity index (χ2n) is 7.46. The highest BCUT2D eigenvalue weighted by Crippen LogP contribution is 2.22. The molecule has 0 fully saturated rings. The fourth-order valence-corrected chi connectivity index (χ4v) is 3.72. The zero-order valence-electron chi connectivity index (χ0n) is 18.1. The normalized spacial score (nSPS) is 11.6. The molecule has 7 heteroatoms. The van der Waals surface area contributed by atoms with Gasteiger partial charge in [0, 0.05) is 30.5 Å². The maximum Gasteiger partial charge on any atom is 0.257 e. The van der Waals surface area contributed by atoms with Gasteiger partial charge in [0.1, 0.15) is 11.1 Å². The topological polar surface area (TPSA) is 80.2 Å². The summed E-state index contributed by atoms with van der Waals surface area (Å²) in [5.41, 5.74) is 1.12. The van der Waals surface area contributed by atoms with Gasteiger partial charge in [-0.25, -0.2) is 0 Å². The maximum absolute atomic E-state index is 13.0. The molecule has 3 aromatic rings. The Morgan fingerprint density at radius 1 is 0.969 bits per heavy atom. The van der Waals surface area contributed by atoms with Crippen LogP contribution >= 0.6 is 11.6 Å². The average Bonchev–Trinajstić information content (AvgIpc) is 2.79. The molecule has 0 aliphatic carbocycles. The van der Waals surface area contributed by atoms with Gasteiger partial charge < -0.3 is 15.2 Å². The van der Waals surface area contributed by atoms with E-state index < -0.39 is 23.3 Å². The number of halogens is 1. The molecular weight excluding hydrogens is 426 g/mol. The summed E-state index contributed by atoms with van der Waals surface area (Å²) in [5, 5.41) is 5.99. The first-order valence-electron chi connectivity index (χ1n) is 10.5. The van der Waals surface area contributed by atoms with Gasteiger partial charge in [-0.3, -0.25) is 14.4 Å². The fraction of sp³-hybridized carbons (Fsp3) is 0.240. The van der Waals surface area contributed by atoms with Crippen LogP contribution in [0.25, 0.3) is 0 Å². The molecule has 6 nitrogen and oxygen atoms in total. The predicted octanol–water partition coefficient (Wildman–Crippen LogP) is 3.99. The third-order valence-electron chi connectivity index (χ3n) is 5.13. The first-order chi connectivity index (χ1) is 15.4. The van der Waals surface area contributed by atoms with Crippen LogP contribution in [-0.2, 0) is 13.0 Å². The highest BCUT2D eigenvalue weighted by atomic mass is 35.5. The van der Waals surface area contributed by atoms with Crippen molar-refractivity contribution < 1.29 is 9.59 Å². The van der Waals surface area contributed by atoms with E-state index in [0.29, 0.717) is 24.5 Å². The lowest BCUT2D eigenvalue weighted by atomic mass is 10.1. The minimum absolute atomic E-state index is 0.0574. The summed E-state index contributed by atoms with van der Waals surface area (Å²) in [6, 6.07) is 16.6. The fourth-order valence-electron chi connectivity index (χ4n) is 3.42. The lowest BCUT2D eigenvalue weighted by Crippen LogP contribution is -2.36. The molecule has 3 rings (SSSR count). The van der Waals surface area contributed by atoms with Gasteiger partial charge in [-0.05, 0) is 37.5 Å². The van der Waals surface area contributed by atoms with E-state index in [4.69, 9.17) is 11.6 Å². The van der Waals surface area contributed by atoms with E-state index in [9.17, 15) is 14.4 Å². The van der Waals surface area contributed by atoms with Gasteiger partial charge in [0.2, 0.25) is 5.43 Å². The number of nitrogens with one attached hydrogen (secondary N) is 2. The number of carbonyl (C=O) groups is 2. The van der Waals surface area contributed by atoms with Crippen LogP contribution in [0.3, 0.4) is 0 Å². The van der Waals surface area contributed by atoms with Gasteiger partial charge in [-0.2, -0.15) is 0 Å². The van der Waals surface area contributed by atoms with Crippen LogP contribution in [0.4, 0.5) is 0 Å². The molecule has 2 aromatic carbocycles. The molecule has 1 heterocycles. The van der Waals surface area contributed by atoms with Crippen molar-refractivity contribution in [3.05, 3.63) is 104 Å². The van der Waals surface area contributed by atoms with Crippen molar-refractivity contribution in [3.8, 4) is 0 Å². The standard InChI is InChI=1S/C25H26ClN3O3/c1-3-27-24(31)20-15-29(14-13-18-9-5-4-6-10-18)16-21(23(20)30)25(32)28-17(2)19-11-7-8-12-22(19)26/h4-12,15-17H,3,13-14H2,1-2H3,(H,27,31)(H,28,32). The van der Waals surface area contributed by atoms with E-state index in [2.05, 4.69) is 10.6 Å². The molecule has 2 amide bonds. The highest BCUT2D eigenvalue weighted by Gasteiger charge is 2.21. The Balaban J connectivity index is 1.91. The van der Waals surface area contributed by atoms with Crippen molar-refractivity contribution in [1.82, 2.24) is 15.2 Å². The summed E-state index contributed by atoms with van der Waals surface area (Å²) < 4.78 is 1.72. The lowest BCUT2D eigenvalue weighted by Gasteiger charge is -2.17. The second-order valence-corrected chi connectivity index (χ2v) is 7.87. The number of pyridine rings is 1. The van der Waals surface area contributed by atoms with Gasteiger partial charge in [-0.1, -0.05) is 60.1 Å². The second kappa shape index (κ2) is 10.8. The smallest absolute Gasteiger partial charge is 0.257 e. The summed E-state index contributed by atoms with van der Waals surface area (Å²) in [6.07, 6.45) is 3.70. The molecule has 0 aliphatic rings. The molecule has 0 radical (unpaired) electrons. The lowest BCUT2D eigenvalue weighted by molar-refractivity contribution is 0.0938. The molecule has 32 heavy (non-hydrogen) atoms. The van der Waals surface area contributed by atoms with Gasteiger partial charge >= 0.3 is 0 Å². The Morgan fingerprint density at radius 3 is 2.25 bits per heavy atom. The van der Waals surface area contributed by atoms with E-state index in [1.807, 2.05) is 48.5 Å². The van der Waals surface area contributed by atoms with Crippen LogP contribution in [-0.4, -0.2) is 22.9 Å². The Morgan fingerprint density at radius 2 is 1.59 bits per heavy atom. The van der Waals surface area contributed by atoms with Crippen molar-refractivity contribution in [3.63, 3.8) is 0 Å². The Kier molecular flexibility index (Phi) is 7.84. The maximum atomic E-state index is 13.0. The van der Waals surface area contributed by atoms with Gasteiger partial charge in [0.05, 0.1) is 6.04 Å². The van der Waals surface area contributed by atoms with Crippen LogP contribution in [0.15, 0.2) is 71.8 Å². The Labute approximate surface area is 192 Å². The molecule has 166 valence electrons. The third-order valence-corrected chi connectivity index (χ3v) is 5.47. The number of aryl methyl sites for hydroxylation is 2. The molecule has 0 bridgehead atoms. The molecule has 1 aromatic heterocycles. The van der Waals surface area contributed by atoms with E-state index >= 15 is 0 Å². The van der Waals surface area contributed by atoms with E-state index in [1.165, 1.54) is 12.4 Å². The largest absolute Gasteiger partial charge is 0.352 e. The third kappa shape index (κ3) is 5.65. The number of hydrogen-bond acceptors (Lipinski definition) is 3. The van der Waals surface area contributed by atoms with E-state index in [-0.39, 0.29) is 11.1 Å². The number of amides is 2. The molecule has 0 aliphatic heterocycles. The van der Waals surface area contributed by atoms with Gasteiger partial charge in [0.25, 0.3) is 11.8 Å². The minimum atomic E-state index is -0.601.